The first-order chi connectivity index (χ1) is 15.2. The third-order valence-corrected chi connectivity index (χ3v) is 5.91. The Bertz CT molecular complexity index is 1140. The zero-order chi connectivity index (χ0) is 23.1. The SMILES string of the molecule is CC(C)Oc1ccc(CCNC(=O)c2ccc(NS(=O)(=O)c3ccc(F)cc3)cc2)cc1. The highest BCUT2D eigenvalue weighted by Crippen LogP contribution is 2.17. The molecule has 0 spiro atoms. The molecule has 8 heteroatoms. The summed E-state index contributed by atoms with van der Waals surface area (Å²) < 4.78 is 45.7. The molecule has 32 heavy (non-hydrogen) atoms. The number of benzene rings is 3. The lowest BCUT2D eigenvalue weighted by Crippen LogP contribution is -2.25. The fraction of sp³-hybridized carbons (Fsp3) is 0.208. The summed E-state index contributed by atoms with van der Waals surface area (Å²) >= 11 is 0. The van der Waals surface area contributed by atoms with Gasteiger partial charge in [-0.3, -0.25) is 9.52 Å². The highest BCUT2D eigenvalue weighted by Gasteiger charge is 2.14. The Labute approximate surface area is 187 Å². The third kappa shape index (κ3) is 6.55. The zero-order valence-electron chi connectivity index (χ0n) is 17.8. The highest BCUT2D eigenvalue weighted by molar-refractivity contribution is 7.92. The first-order valence-corrected chi connectivity index (χ1v) is 11.6. The van der Waals surface area contributed by atoms with Gasteiger partial charge < -0.3 is 10.1 Å². The summed E-state index contributed by atoms with van der Waals surface area (Å²) in [7, 11) is -3.84. The summed E-state index contributed by atoms with van der Waals surface area (Å²) in [6.45, 7) is 4.40. The van der Waals surface area contributed by atoms with Crippen molar-refractivity contribution >= 4 is 21.6 Å². The van der Waals surface area contributed by atoms with Gasteiger partial charge in [-0.05, 0) is 86.5 Å². The van der Waals surface area contributed by atoms with Gasteiger partial charge in [0, 0.05) is 17.8 Å². The molecule has 0 aliphatic carbocycles. The monoisotopic (exact) mass is 456 g/mol. The van der Waals surface area contributed by atoms with E-state index in [0.717, 1.165) is 23.4 Å². The molecule has 0 bridgehead atoms. The Morgan fingerprint density at radius 3 is 2.16 bits per heavy atom. The van der Waals surface area contributed by atoms with Crippen molar-refractivity contribution in [2.24, 2.45) is 0 Å². The number of anilines is 1. The van der Waals surface area contributed by atoms with Crippen LogP contribution in [0.1, 0.15) is 29.8 Å². The molecule has 3 aromatic rings. The predicted octanol–water partition coefficient (Wildman–Crippen LogP) is 4.39. The molecular formula is C24H25FN2O4S. The van der Waals surface area contributed by atoms with Crippen LogP contribution in [0.5, 0.6) is 5.75 Å². The lowest BCUT2D eigenvalue weighted by molar-refractivity contribution is 0.0954. The number of sulfonamides is 1. The number of hydrogen-bond acceptors (Lipinski definition) is 4. The molecule has 0 aliphatic rings. The molecule has 0 aromatic heterocycles. The number of ether oxygens (including phenoxy) is 1. The van der Waals surface area contributed by atoms with E-state index >= 15 is 0 Å². The van der Waals surface area contributed by atoms with Gasteiger partial charge in [-0.25, -0.2) is 12.8 Å². The number of nitrogens with one attached hydrogen (secondary N) is 2. The van der Waals surface area contributed by atoms with Gasteiger partial charge in [-0.15, -0.1) is 0 Å². The van der Waals surface area contributed by atoms with E-state index in [-0.39, 0.29) is 16.9 Å². The zero-order valence-corrected chi connectivity index (χ0v) is 18.7. The minimum atomic E-state index is -3.84. The van der Waals surface area contributed by atoms with Gasteiger partial charge >= 0.3 is 0 Å². The van der Waals surface area contributed by atoms with Gasteiger partial charge in [0.05, 0.1) is 11.0 Å². The summed E-state index contributed by atoms with van der Waals surface area (Å²) in [5, 5.41) is 2.85. The second-order valence-electron chi connectivity index (χ2n) is 7.45. The van der Waals surface area contributed by atoms with Crippen LogP contribution in [0.2, 0.25) is 0 Å². The van der Waals surface area contributed by atoms with Crippen molar-refractivity contribution in [1.29, 1.82) is 0 Å². The average Bonchev–Trinajstić information content (AvgIpc) is 2.75. The van der Waals surface area contributed by atoms with E-state index in [1.165, 1.54) is 36.4 Å². The molecule has 1 amide bonds. The van der Waals surface area contributed by atoms with E-state index in [2.05, 4.69) is 10.0 Å². The second kappa shape index (κ2) is 10.3. The normalized spacial score (nSPS) is 11.2. The van der Waals surface area contributed by atoms with Crippen molar-refractivity contribution in [2.75, 3.05) is 11.3 Å². The van der Waals surface area contributed by atoms with Crippen LogP contribution in [0, 0.1) is 5.82 Å². The molecule has 3 rings (SSSR count). The Morgan fingerprint density at radius 1 is 0.938 bits per heavy atom. The summed E-state index contributed by atoms with van der Waals surface area (Å²) in [5.74, 6) is 0.0390. The van der Waals surface area contributed by atoms with Gasteiger partial charge in [-0.1, -0.05) is 12.1 Å². The number of amides is 1. The summed E-state index contributed by atoms with van der Waals surface area (Å²) in [5.41, 5.74) is 1.79. The Kier molecular flexibility index (Phi) is 7.48. The molecule has 3 aromatic carbocycles. The van der Waals surface area contributed by atoms with E-state index in [1.54, 1.807) is 0 Å². The third-order valence-electron chi connectivity index (χ3n) is 4.52. The molecule has 168 valence electrons. The fourth-order valence-electron chi connectivity index (χ4n) is 2.95. The van der Waals surface area contributed by atoms with Crippen LogP contribution < -0.4 is 14.8 Å². The molecule has 0 aliphatic heterocycles. The maximum Gasteiger partial charge on any atom is 0.261 e. The summed E-state index contributed by atoms with van der Waals surface area (Å²) in [4.78, 5) is 12.3. The van der Waals surface area contributed by atoms with Gasteiger partial charge in [0.2, 0.25) is 0 Å². The topological polar surface area (TPSA) is 84.5 Å². The van der Waals surface area contributed by atoms with Crippen LogP contribution in [0.25, 0.3) is 0 Å². The Balaban J connectivity index is 1.52. The molecular weight excluding hydrogens is 431 g/mol. The second-order valence-corrected chi connectivity index (χ2v) is 9.14. The molecule has 0 fully saturated rings. The smallest absolute Gasteiger partial charge is 0.261 e. The van der Waals surface area contributed by atoms with Crippen LogP contribution in [0.15, 0.2) is 77.7 Å². The van der Waals surface area contributed by atoms with Crippen molar-refractivity contribution in [1.82, 2.24) is 5.32 Å². The standard InChI is InChI=1S/C24H25FN2O4S/c1-17(2)31-22-11-3-18(4-12-22)15-16-26-24(28)19-5-9-21(10-6-19)27-32(29,30)23-13-7-20(25)8-14-23/h3-14,17,27H,15-16H2,1-2H3,(H,26,28). The van der Waals surface area contributed by atoms with Crippen LogP contribution >= 0.6 is 0 Å². The number of carbonyl (C=O) groups excluding carboxylic acids is 1. The summed E-state index contributed by atoms with van der Waals surface area (Å²) in [6.07, 6.45) is 0.785. The van der Waals surface area contributed by atoms with Gasteiger partial charge in [0.25, 0.3) is 15.9 Å². The summed E-state index contributed by atoms with van der Waals surface area (Å²) in [6, 6.07) is 18.3. The van der Waals surface area contributed by atoms with Crippen LogP contribution in [-0.2, 0) is 16.4 Å². The van der Waals surface area contributed by atoms with Crippen molar-refractivity contribution in [3.05, 3.63) is 89.7 Å². The minimum Gasteiger partial charge on any atom is -0.491 e. The Morgan fingerprint density at radius 2 is 1.56 bits per heavy atom. The van der Waals surface area contributed by atoms with Gasteiger partial charge in [0.15, 0.2) is 0 Å². The minimum absolute atomic E-state index is 0.0514. The largest absolute Gasteiger partial charge is 0.491 e. The molecule has 6 nitrogen and oxygen atoms in total. The van der Waals surface area contributed by atoms with Crippen molar-refractivity contribution in [3.63, 3.8) is 0 Å². The maximum atomic E-state index is 13.0. The van der Waals surface area contributed by atoms with Gasteiger partial charge in [-0.2, -0.15) is 0 Å². The number of carbonyl (C=O) groups is 1. The predicted molar refractivity (Wildman–Crippen MR) is 122 cm³/mol. The fourth-order valence-corrected chi connectivity index (χ4v) is 4.01. The van der Waals surface area contributed by atoms with E-state index in [4.69, 9.17) is 4.74 Å². The molecule has 0 unspecified atom stereocenters. The van der Waals surface area contributed by atoms with Crippen LogP contribution in [0.4, 0.5) is 10.1 Å². The first-order valence-electron chi connectivity index (χ1n) is 10.2. The Hall–Kier alpha value is -3.39. The lowest BCUT2D eigenvalue weighted by atomic mass is 10.1. The molecule has 0 heterocycles. The van der Waals surface area contributed by atoms with E-state index in [1.807, 2.05) is 38.1 Å². The maximum absolute atomic E-state index is 13.0. The molecule has 0 radical (unpaired) electrons. The molecule has 0 saturated heterocycles. The van der Waals surface area contributed by atoms with Crippen molar-refractivity contribution in [3.8, 4) is 5.75 Å². The molecule has 0 atom stereocenters. The number of hydrogen-bond donors (Lipinski definition) is 2. The average molecular weight is 457 g/mol. The van der Waals surface area contributed by atoms with E-state index in [0.29, 0.717) is 24.2 Å². The van der Waals surface area contributed by atoms with Crippen molar-refractivity contribution in [2.45, 2.75) is 31.3 Å². The molecule has 2 N–H and O–H groups in total. The van der Waals surface area contributed by atoms with E-state index in [9.17, 15) is 17.6 Å². The van der Waals surface area contributed by atoms with Gasteiger partial charge in [0.1, 0.15) is 11.6 Å². The molecule has 0 saturated carbocycles. The van der Waals surface area contributed by atoms with E-state index < -0.39 is 15.8 Å². The highest BCUT2D eigenvalue weighted by atomic mass is 32.2. The van der Waals surface area contributed by atoms with Crippen LogP contribution in [-0.4, -0.2) is 27.0 Å². The quantitative estimate of drug-likeness (QED) is 0.500. The number of halogens is 1. The van der Waals surface area contributed by atoms with Crippen molar-refractivity contribution < 1.29 is 22.3 Å². The van der Waals surface area contributed by atoms with Crippen LogP contribution in [0.3, 0.4) is 0 Å². The first kappa shape index (κ1) is 23.3. The number of rotatable bonds is 9. The lowest BCUT2D eigenvalue weighted by Gasteiger charge is -2.11.